The van der Waals surface area contributed by atoms with Crippen molar-refractivity contribution in [2.24, 2.45) is 7.05 Å². The summed E-state index contributed by atoms with van der Waals surface area (Å²) in [7, 11) is 1.78. The minimum atomic E-state index is -1.01. The van der Waals surface area contributed by atoms with Crippen molar-refractivity contribution in [1.82, 2.24) is 15.0 Å². The Morgan fingerprint density at radius 1 is 1.31 bits per heavy atom. The van der Waals surface area contributed by atoms with Crippen molar-refractivity contribution in [3.05, 3.63) is 47.8 Å². The van der Waals surface area contributed by atoms with Gasteiger partial charge in [-0.3, -0.25) is 0 Å². The molecule has 1 atom stereocenters. The molecule has 1 aromatic carbocycles. The summed E-state index contributed by atoms with van der Waals surface area (Å²) in [4.78, 5) is 0. The van der Waals surface area contributed by atoms with Gasteiger partial charge in [-0.25, -0.2) is 4.68 Å². The zero-order valence-electron chi connectivity index (χ0n) is 9.46. The molecule has 0 aliphatic heterocycles. The molecule has 0 radical (unpaired) electrons. The van der Waals surface area contributed by atoms with E-state index in [0.29, 0.717) is 12.1 Å². The van der Waals surface area contributed by atoms with Crippen molar-refractivity contribution in [2.45, 2.75) is 18.9 Å². The maximum atomic E-state index is 10.7. The van der Waals surface area contributed by atoms with Crippen molar-refractivity contribution in [2.75, 3.05) is 0 Å². The van der Waals surface area contributed by atoms with E-state index in [-0.39, 0.29) is 0 Å². The van der Waals surface area contributed by atoms with Crippen LogP contribution < -0.4 is 0 Å². The predicted molar refractivity (Wildman–Crippen MR) is 60.7 cm³/mol. The normalized spacial score (nSPS) is 14.7. The molecule has 2 rings (SSSR count). The average Bonchev–Trinajstić information content (AvgIpc) is 2.76. The van der Waals surface area contributed by atoms with Gasteiger partial charge in [-0.05, 0) is 12.0 Å². The molecule has 0 fully saturated rings. The molecule has 16 heavy (non-hydrogen) atoms. The molecule has 0 bridgehead atoms. The van der Waals surface area contributed by atoms with Crippen LogP contribution in [-0.4, -0.2) is 20.1 Å². The highest BCUT2D eigenvalue weighted by molar-refractivity contribution is 5.30. The summed E-state index contributed by atoms with van der Waals surface area (Å²) >= 11 is 0. The number of rotatable bonds is 3. The first kappa shape index (κ1) is 10.8. The van der Waals surface area contributed by atoms with Crippen molar-refractivity contribution in [3.63, 3.8) is 0 Å². The molecular weight excluding hydrogens is 202 g/mol. The molecule has 0 amide bonds. The Morgan fingerprint density at radius 2 is 2.00 bits per heavy atom. The SMILES string of the molecule is CCC(O)(c1ccccc1)c1cnnn1C. The fourth-order valence-electron chi connectivity index (χ4n) is 1.91. The predicted octanol–water partition coefficient (Wildman–Crippen LogP) is 1.46. The Bertz CT molecular complexity index is 466. The third-order valence-corrected chi connectivity index (χ3v) is 2.90. The van der Waals surface area contributed by atoms with Gasteiger partial charge in [-0.1, -0.05) is 42.5 Å². The van der Waals surface area contributed by atoms with Crippen LogP contribution in [-0.2, 0) is 12.6 Å². The summed E-state index contributed by atoms with van der Waals surface area (Å²) in [5.74, 6) is 0. The lowest BCUT2D eigenvalue weighted by molar-refractivity contribution is 0.0677. The number of benzene rings is 1. The maximum Gasteiger partial charge on any atom is 0.132 e. The van der Waals surface area contributed by atoms with Crippen LogP contribution in [0.15, 0.2) is 36.5 Å². The molecule has 84 valence electrons. The van der Waals surface area contributed by atoms with E-state index in [0.717, 1.165) is 5.56 Å². The first-order valence-electron chi connectivity index (χ1n) is 5.31. The fraction of sp³-hybridized carbons (Fsp3) is 0.333. The standard InChI is InChI=1S/C12H15N3O/c1-3-12(16,10-7-5-4-6-8-10)11-9-13-14-15(11)2/h4-9,16H,3H2,1-2H3. The van der Waals surface area contributed by atoms with Gasteiger partial charge >= 0.3 is 0 Å². The highest BCUT2D eigenvalue weighted by Gasteiger charge is 2.32. The molecule has 1 heterocycles. The minimum absolute atomic E-state index is 0.582. The van der Waals surface area contributed by atoms with Crippen LogP contribution in [0.25, 0.3) is 0 Å². The topological polar surface area (TPSA) is 50.9 Å². The molecule has 1 aromatic heterocycles. The first-order chi connectivity index (χ1) is 7.68. The minimum Gasteiger partial charge on any atom is -0.379 e. The van der Waals surface area contributed by atoms with Gasteiger partial charge < -0.3 is 5.11 Å². The monoisotopic (exact) mass is 217 g/mol. The second-order valence-electron chi connectivity index (χ2n) is 3.82. The van der Waals surface area contributed by atoms with Crippen LogP contribution in [0.1, 0.15) is 24.6 Å². The highest BCUT2D eigenvalue weighted by atomic mass is 16.3. The third kappa shape index (κ3) is 1.61. The lowest BCUT2D eigenvalue weighted by atomic mass is 9.88. The molecule has 0 saturated carbocycles. The molecule has 0 aliphatic carbocycles. The lowest BCUT2D eigenvalue weighted by Crippen LogP contribution is -2.29. The van der Waals surface area contributed by atoms with E-state index in [4.69, 9.17) is 0 Å². The van der Waals surface area contributed by atoms with Gasteiger partial charge in [-0.15, -0.1) is 5.10 Å². The van der Waals surface area contributed by atoms with E-state index in [1.807, 2.05) is 37.3 Å². The summed E-state index contributed by atoms with van der Waals surface area (Å²) in [5.41, 5.74) is 0.559. The molecular formula is C12H15N3O. The number of hydrogen-bond donors (Lipinski definition) is 1. The Hall–Kier alpha value is -1.68. The quantitative estimate of drug-likeness (QED) is 0.846. The first-order valence-corrected chi connectivity index (χ1v) is 5.31. The van der Waals surface area contributed by atoms with Crippen molar-refractivity contribution in [3.8, 4) is 0 Å². The number of hydrogen-bond acceptors (Lipinski definition) is 3. The van der Waals surface area contributed by atoms with Crippen LogP contribution >= 0.6 is 0 Å². The molecule has 0 spiro atoms. The van der Waals surface area contributed by atoms with Gasteiger partial charge in [0.1, 0.15) is 5.60 Å². The van der Waals surface area contributed by atoms with Crippen molar-refractivity contribution >= 4 is 0 Å². The Kier molecular flexibility index (Phi) is 2.75. The van der Waals surface area contributed by atoms with Crippen LogP contribution in [0.4, 0.5) is 0 Å². The van der Waals surface area contributed by atoms with Crippen molar-refractivity contribution < 1.29 is 5.11 Å². The van der Waals surface area contributed by atoms with E-state index < -0.39 is 5.60 Å². The number of nitrogens with zero attached hydrogens (tertiary/aromatic N) is 3. The summed E-state index contributed by atoms with van der Waals surface area (Å²) in [6.07, 6.45) is 2.19. The number of aliphatic hydroxyl groups is 1. The highest BCUT2D eigenvalue weighted by Crippen LogP contribution is 2.31. The van der Waals surface area contributed by atoms with Crippen molar-refractivity contribution in [1.29, 1.82) is 0 Å². The fourth-order valence-corrected chi connectivity index (χ4v) is 1.91. The lowest BCUT2D eigenvalue weighted by Gasteiger charge is -2.26. The van der Waals surface area contributed by atoms with E-state index in [1.54, 1.807) is 17.9 Å². The van der Waals surface area contributed by atoms with Crippen LogP contribution in [0.2, 0.25) is 0 Å². The molecule has 0 aliphatic rings. The molecule has 1 N–H and O–H groups in total. The number of aromatic nitrogens is 3. The van der Waals surface area contributed by atoms with E-state index in [2.05, 4.69) is 10.3 Å². The summed E-state index contributed by atoms with van der Waals surface area (Å²) < 4.78 is 1.61. The molecule has 2 aromatic rings. The Balaban J connectivity index is 2.53. The Morgan fingerprint density at radius 3 is 2.50 bits per heavy atom. The second kappa shape index (κ2) is 4.06. The molecule has 1 unspecified atom stereocenters. The van der Waals surface area contributed by atoms with Gasteiger partial charge in [-0.2, -0.15) is 0 Å². The van der Waals surface area contributed by atoms with Gasteiger partial charge in [0.15, 0.2) is 0 Å². The van der Waals surface area contributed by atoms with E-state index in [9.17, 15) is 5.11 Å². The average molecular weight is 217 g/mol. The Labute approximate surface area is 94.5 Å². The van der Waals surface area contributed by atoms with Gasteiger partial charge in [0.05, 0.1) is 11.9 Å². The summed E-state index contributed by atoms with van der Waals surface area (Å²) in [6.45, 7) is 1.94. The third-order valence-electron chi connectivity index (χ3n) is 2.90. The van der Waals surface area contributed by atoms with Gasteiger partial charge in [0.25, 0.3) is 0 Å². The molecule has 4 nitrogen and oxygen atoms in total. The molecule has 4 heteroatoms. The zero-order valence-corrected chi connectivity index (χ0v) is 9.46. The van der Waals surface area contributed by atoms with Gasteiger partial charge in [0.2, 0.25) is 0 Å². The second-order valence-corrected chi connectivity index (χ2v) is 3.82. The summed E-state index contributed by atoms with van der Waals surface area (Å²) in [5, 5.41) is 18.4. The smallest absolute Gasteiger partial charge is 0.132 e. The van der Waals surface area contributed by atoms with E-state index >= 15 is 0 Å². The largest absolute Gasteiger partial charge is 0.379 e. The van der Waals surface area contributed by atoms with Crippen LogP contribution in [0, 0.1) is 0 Å². The zero-order chi connectivity index (χ0) is 11.6. The van der Waals surface area contributed by atoms with Crippen LogP contribution in [0.5, 0.6) is 0 Å². The summed E-state index contributed by atoms with van der Waals surface area (Å²) in [6, 6.07) is 9.59. The van der Waals surface area contributed by atoms with Crippen LogP contribution in [0.3, 0.4) is 0 Å². The van der Waals surface area contributed by atoms with Gasteiger partial charge in [0, 0.05) is 7.05 Å². The molecule has 0 saturated heterocycles. The number of aryl methyl sites for hydroxylation is 1. The maximum absolute atomic E-state index is 10.7. The van der Waals surface area contributed by atoms with E-state index in [1.165, 1.54) is 0 Å².